The van der Waals surface area contributed by atoms with Crippen LogP contribution in [0, 0.1) is 0 Å². The second kappa shape index (κ2) is 6.00. The Balaban J connectivity index is 2.42. The van der Waals surface area contributed by atoms with E-state index in [0.29, 0.717) is 18.7 Å². The molecule has 1 heterocycles. The Labute approximate surface area is 131 Å². The topological polar surface area (TPSA) is 66.6 Å². The lowest BCUT2D eigenvalue weighted by atomic mass is 10.1. The van der Waals surface area contributed by atoms with Crippen molar-refractivity contribution in [3.05, 3.63) is 29.8 Å². The Hall–Kier alpha value is -1.02. The van der Waals surface area contributed by atoms with Crippen molar-refractivity contribution in [3.63, 3.8) is 0 Å². The SMILES string of the molecule is CC1CN(S(=O)(=O)c2ccccc2C(N)=S)CC(C)N1C. The maximum atomic E-state index is 12.9. The van der Waals surface area contributed by atoms with Crippen LogP contribution in [0.4, 0.5) is 0 Å². The summed E-state index contributed by atoms with van der Waals surface area (Å²) in [7, 11) is -1.57. The number of sulfonamides is 1. The summed E-state index contributed by atoms with van der Waals surface area (Å²) in [6.07, 6.45) is 0. The van der Waals surface area contributed by atoms with Gasteiger partial charge < -0.3 is 5.73 Å². The molecule has 2 unspecified atom stereocenters. The molecule has 2 atom stereocenters. The van der Waals surface area contributed by atoms with Crippen molar-refractivity contribution >= 4 is 27.2 Å². The van der Waals surface area contributed by atoms with Gasteiger partial charge in [-0.3, -0.25) is 4.90 Å². The van der Waals surface area contributed by atoms with Crippen LogP contribution in [0.3, 0.4) is 0 Å². The van der Waals surface area contributed by atoms with E-state index in [-0.39, 0.29) is 22.0 Å². The van der Waals surface area contributed by atoms with Gasteiger partial charge in [0.2, 0.25) is 10.0 Å². The van der Waals surface area contributed by atoms with Gasteiger partial charge in [0.25, 0.3) is 0 Å². The van der Waals surface area contributed by atoms with Crippen LogP contribution in [0.1, 0.15) is 19.4 Å². The zero-order chi connectivity index (χ0) is 15.8. The van der Waals surface area contributed by atoms with Gasteiger partial charge in [0, 0.05) is 30.7 Å². The highest BCUT2D eigenvalue weighted by Gasteiger charge is 2.35. The first-order valence-corrected chi connectivity index (χ1v) is 8.71. The molecule has 2 rings (SSSR count). The summed E-state index contributed by atoms with van der Waals surface area (Å²) < 4.78 is 27.3. The molecule has 21 heavy (non-hydrogen) atoms. The van der Waals surface area contributed by atoms with Crippen molar-refractivity contribution in [2.45, 2.75) is 30.8 Å². The standard InChI is InChI=1S/C14H21N3O2S2/c1-10-8-17(9-11(2)16(10)3)21(18,19)13-7-5-4-6-12(13)14(15)20/h4-7,10-11H,8-9H2,1-3H3,(H2,15,20). The van der Waals surface area contributed by atoms with Crippen LogP contribution in [0.5, 0.6) is 0 Å². The van der Waals surface area contributed by atoms with Gasteiger partial charge in [-0.25, -0.2) is 8.42 Å². The molecule has 0 saturated carbocycles. The number of nitrogens with two attached hydrogens (primary N) is 1. The number of hydrogen-bond donors (Lipinski definition) is 1. The van der Waals surface area contributed by atoms with Crippen molar-refractivity contribution in [2.24, 2.45) is 5.73 Å². The van der Waals surface area contributed by atoms with Crippen molar-refractivity contribution < 1.29 is 8.42 Å². The van der Waals surface area contributed by atoms with Crippen molar-refractivity contribution in [1.29, 1.82) is 0 Å². The molecule has 116 valence electrons. The summed E-state index contributed by atoms with van der Waals surface area (Å²) in [6.45, 7) is 4.99. The summed E-state index contributed by atoms with van der Waals surface area (Å²) in [5.74, 6) is 0. The molecule has 0 bridgehead atoms. The highest BCUT2D eigenvalue weighted by Crippen LogP contribution is 2.24. The largest absolute Gasteiger partial charge is 0.389 e. The quantitative estimate of drug-likeness (QED) is 0.840. The van der Waals surface area contributed by atoms with Crippen LogP contribution in [0.25, 0.3) is 0 Å². The van der Waals surface area contributed by atoms with Crippen LogP contribution >= 0.6 is 12.2 Å². The summed E-state index contributed by atoms with van der Waals surface area (Å²) >= 11 is 4.97. The molecule has 1 aromatic carbocycles. The molecule has 0 aromatic heterocycles. The van der Waals surface area contributed by atoms with Crippen LogP contribution in [-0.4, -0.2) is 54.8 Å². The van der Waals surface area contributed by atoms with E-state index in [1.165, 1.54) is 4.31 Å². The van der Waals surface area contributed by atoms with E-state index in [0.717, 1.165) is 0 Å². The molecule has 0 spiro atoms. The highest BCUT2D eigenvalue weighted by atomic mass is 32.2. The summed E-state index contributed by atoms with van der Waals surface area (Å²) in [4.78, 5) is 2.48. The van der Waals surface area contributed by atoms with E-state index in [1.807, 2.05) is 20.9 Å². The van der Waals surface area contributed by atoms with Crippen molar-refractivity contribution in [1.82, 2.24) is 9.21 Å². The first-order chi connectivity index (χ1) is 9.75. The number of piperazine rings is 1. The lowest BCUT2D eigenvalue weighted by Gasteiger charge is -2.41. The molecule has 2 N–H and O–H groups in total. The monoisotopic (exact) mass is 327 g/mol. The molecular weight excluding hydrogens is 306 g/mol. The Kier molecular flexibility index (Phi) is 4.67. The van der Waals surface area contributed by atoms with Crippen LogP contribution in [-0.2, 0) is 10.0 Å². The first-order valence-electron chi connectivity index (χ1n) is 6.86. The van der Waals surface area contributed by atoms with Crippen LogP contribution in [0.2, 0.25) is 0 Å². The predicted molar refractivity (Wildman–Crippen MR) is 87.8 cm³/mol. The Morgan fingerprint density at radius 3 is 2.29 bits per heavy atom. The maximum absolute atomic E-state index is 12.9. The minimum Gasteiger partial charge on any atom is -0.389 e. The third kappa shape index (κ3) is 3.11. The first kappa shape index (κ1) is 16.4. The van der Waals surface area contributed by atoms with Gasteiger partial charge in [-0.05, 0) is 27.0 Å². The second-order valence-corrected chi connectivity index (χ2v) is 7.89. The van der Waals surface area contributed by atoms with Gasteiger partial charge in [0.15, 0.2) is 0 Å². The molecule has 1 aliphatic rings. The fourth-order valence-corrected chi connectivity index (χ4v) is 4.64. The van der Waals surface area contributed by atoms with E-state index in [2.05, 4.69) is 4.90 Å². The molecule has 1 fully saturated rings. The van der Waals surface area contributed by atoms with Gasteiger partial charge in [-0.15, -0.1) is 0 Å². The minimum atomic E-state index is -3.59. The summed E-state index contributed by atoms with van der Waals surface area (Å²) in [5, 5.41) is 0. The molecule has 0 radical (unpaired) electrons. The van der Waals surface area contributed by atoms with Crippen LogP contribution in [0.15, 0.2) is 29.2 Å². The maximum Gasteiger partial charge on any atom is 0.243 e. The second-order valence-electron chi connectivity index (χ2n) is 5.55. The molecule has 1 aliphatic heterocycles. The minimum absolute atomic E-state index is 0.101. The Morgan fingerprint density at radius 2 is 1.76 bits per heavy atom. The van der Waals surface area contributed by atoms with Crippen molar-refractivity contribution in [2.75, 3.05) is 20.1 Å². The number of benzene rings is 1. The lowest BCUT2D eigenvalue weighted by molar-refractivity contribution is 0.105. The van der Waals surface area contributed by atoms with Crippen LogP contribution < -0.4 is 5.73 Å². The number of hydrogen-bond acceptors (Lipinski definition) is 4. The molecular formula is C14H21N3O2S2. The smallest absolute Gasteiger partial charge is 0.243 e. The van der Waals surface area contributed by atoms with E-state index in [9.17, 15) is 8.42 Å². The van der Waals surface area contributed by atoms with E-state index >= 15 is 0 Å². The van der Waals surface area contributed by atoms with Gasteiger partial charge in [-0.2, -0.15) is 4.31 Å². The Morgan fingerprint density at radius 1 is 1.24 bits per heavy atom. The van der Waals surface area contributed by atoms with Gasteiger partial charge >= 0.3 is 0 Å². The number of likely N-dealkylation sites (N-methyl/N-ethyl adjacent to an activating group) is 1. The molecule has 5 nitrogen and oxygen atoms in total. The lowest BCUT2D eigenvalue weighted by Crippen LogP contribution is -2.56. The van der Waals surface area contributed by atoms with E-state index in [1.54, 1.807) is 24.3 Å². The number of rotatable bonds is 3. The van der Waals surface area contributed by atoms with Crippen molar-refractivity contribution in [3.8, 4) is 0 Å². The number of nitrogens with zero attached hydrogens (tertiary/aromatic N) is 2. The molecule has 1 saturated heterocycles. The fraction of sp³-hybridized carbons (Fsp3) is 0.500. The molecule has 7 heteroatoms. The molecule has 0 aliphatic carbocycles. The average molecular weight is 327 g/mol. The predicted octanol–water partition coefficient (Wildman–Crippen LogP) is 1.03. The molecule has 0 amide bonds. The number of thiocarbonyl (C=S) groups is 1. The fourth-order valence-electron chi connectivity index (χ4n) is 2.59. The highest BCUT2D eigenvalue weighted by molar-refractivity contribution is 7.89. The van der Waals surface area contributed by atoms with E-state index < -0.39 is 10.0 Å². The summed E-state index contributed by atoms with van der Waals surface area (Å²) in [5.41, 5.74) is 6.07. The zero-order valence-corrected chi connectivity index (χ0v) is 14.1. The van der Waals surface area contributed by atoms with Gasteiger partial charge in [0.1, 0.15) is 4.99 Å². The van der Waals surface area contributed by atoms with Gasteiger partial charge in [0.05, 0.1) is 4.90 Å². The molecule has 1 aromatic rings. The third-order valence-corrected chi connectivity index (χ3v) is 6.21. The third-order valence-electron chi connectivity index (χ3n) is 4.10. The Bertz CT molecular complexity index is 633. The normalized spacial score (nSPS) is 24.9. The summed E-state index contributed by atoms with van der Waals surface area (Å²) in [6, 6.07) is 6.98. The van der Waals surface area contributed by atoms with Gasteiger partial charge in [-0.1, -0.05) is 30.4 Å². The van der Waals surface area contributed by atoms with E-state index in [4.69, 9.17) is 18.0 Å². The zero-order valence-electron chi connectivity index (χ0n) is 12.5. The average Bonchev–Trinajstić information content (AvgIpc) is 2.44.